The van der Waals surface area contributed by atoms with Crippen molar-refractivity contribution in [2.45, 2.75) is 13.0 Å². The molecule has 0 unspecified atom stereocenters. The van der Waals surface area contributed by atoms with Crippen molar-refractivity contribution in [3.63, 3.8) is 0 Å². The molecule has 1 fully saturated rings. The third-order valence-electron chi connectivity index (χ3n) is 3.50. The van der Waals surface area contributed by atoms with E-state index >= 15 is 0 Å². The Labute approximate surface area is 115 Å². The lowest BCUT2D eigenvalue weighted by atomic mass is 10.0. The number of rotatable bonds is 3. The van der Waals surface area contributed by atoms with E-state index in [2.05, 4.69) is 10.4 Å². The summed E-state index contributed by atoms with van der Waals surface area (Å²) in [5, 5.41) is 6.65. The van der Waals surface area contributed by atoms with Crippen molar-refractivity contribution >= 4 is 17.7 Å². The van der Waals surface area contributed by atoms with Crippen LogP contribution < -0.4 is 11.1 Å². The number of carbonyl (C=O) groups is 3. The summed E-state index contributed by atoms with van der Waals surface area (Å²) >= 11 is 0. The van der Waals surface area contributed by atoms with Crippen LogP contribution in [0.4, 0.5) is 0 Å². The smallest absolute Gasteiger partial charge is 0.269 e. The van der Waals surface area contributed by atoms with Crippen LogP contribution in [0.3, 0.4) is 0 Å². The second-order valence-corrected chi connectivity index (χ2v) is 4.85. The van der Waals surface area contributed by atoms with Gasteiger partial charge in [-0.3, -0.25) is 19.1 Å². The second kappa shape index (κ2) is 5.32. The predicted molar refractivity (Wildman–Crippen MR) is 69.4 cm³/mol. The van der Waals surface area contributed by atoms with Gasteiger partial charge in [-0.1, -0.05) is 0 Å². The minimum Gasteiger partial charge on any atom is -0.369 e. The van der Waals surface area contributed by atoms with Crippen LogP contribution >= 0.6 is 0 Å². The van der Waals surface area contributed by atoms with E-state index in [-0.39, 0.29) is 24.9 Å². The molecule has 0 spiro atoms. The lowest BCUT2D eigenvalue weighted by Gasteiger charge is -2.17. The van der Waals surface area contributed by atoms with E-state index in [9.17, 15) is 14.4 Å². The molecule has 0 radical (unpaired) electrons. The number of hydrogen-bond donors (Lipinski definition) is 2. The molecule has 2 rings (SSSR count). The van der Waals surface area contributed by atoms with Gasteiger partial charge in [0.05, 0.1) is 12.0 Å². The lowest BCUT2D eigenvalue weighted by molar-refractivity contribution is -0.128. The number of nitrogens with zero attached hydrogens (tertiary/aromatic N) is 3. The van der Waals surface area contributed by atoms with Crippen molar-refractivity contribution in [2.24, 2.45) is 18.7 Å². The maximum absolute atomic E-state index is 12.1. The first kappa shape index (κ1) is 14.0. The van der Waals surface area contributed by atoms with Crippen LogP contribution in [0.5, 0.6) is 0 Å². The topological polar surface area (TPSA) is 110 Å². The van der Waals surface area contributed by atoms with Crippen molar-refractivity contribution in [1.29, 1.82) is 0 Å². The third-order valence-corrected chi connectivity index (χ3v) is 3.50. The van der Waals surface area contributed by atoms with Gasteiger partial charge in [0, 0.05) is 33.3 Å². The summed E-state index contributed by atoms with van der Waals surface area (Å²) in [7, 11) is 1.65. The van der Waals surface area contributed by atoms with Gasteiger partial charge in [0.25, 0.3) is 5.91 Å². The van der Waals surface area contributed by atoms with E-state index in [4.69, 9.17) is 5.73 Å². The molecule has 0 saturated carbocycles. The molecule has 3 N–H and O–H groups in total. The number of hydrogen-bond acceptors (Lipinski definition) is 4. The quantitative estimate of drug-likeness (QED) is 0.700. The number of likely N-dealkylation sites (tertiary alicyclic amines) is 1. The van der Waals surface area contributed by atoms with Crippen LogP contribution in [-0.2, 0) is 16.6 Å². The van der Waals surface area contributed by atoms with Gasteiger partial charge in [-0.05, 0) is 6.07 Å². The Hall–Kier alpha value is -2.38. The van der Waals surface area contributed by atoms with Gasteiger partial charge in [-0.2, -0.15) is 5.10 Å². The zero-order valence-corrected chi connectivity index (χ0v) is 11.4. The Bertz CT molecular complexity index is 553. The molecule has 20 heavy (non-hydrogen) atoms. The van der Waals surface area contributed by atoms with Gasteiger partial charge in [0.2, 0.25) is 11.8 Å². The van der Waals surface area contributed by atoms with E-state index in [0.29, 0.717) is 5.69 Å². The van der Waals surface area contributed by atoms with E-state index in [0.717, 1.165) is 0 Å². The predicted octanol–water partition coefficient (Wildman–Crippen LogP) is -1.52. The largest absolute Gasteiger partial charge is 0.369 e. The number of aryl methyl sites for hydroxylation is 1. The average Bonchev–Trinajstić information content (AvgIpc) is 2.95. The molecule has 8 nitrogen and oxygen atoms in total. The van der Waals surface area contributed by atoms with Gasteiger partial charge in [-0.25, -0.2) is 0 Å². The summed E-state index contributed by atoms with van der Waals surface area (Å²) in [6.45, 7) is 1.94. The molecule has 1 aromatic heterocycles. The van der Waals surface area contributed by atoms with Gasteiger partial charge < -0.3 is 16.0 Å². The molecule has 3 amide bonds. The van der Waals surface area contributed by atoms with Crippen molar-refractivity contribution < 1.29 is 14.4 Å². The molecule has 2 atom stereocenters. The van der Waals surface area contributed by atoms with Crippen LogP contribution in [0.2, 0.25) is 0 Å². The molecular formula is C12H17N5O3. The first-order chi connectivity index (χ1) is 9.40. The van der Waals surface area contributed by atoms with Crippen LogP contribution in [0, 0.1) is 5.92 Å². The summed E-state index contributed by atoms with van der Waals surface area (Å²) in [4.78, 5) is 36.4. The standard InChI is InChI=1S/C12H17N5O3/c1-7(18)17-5-8(11(13)19)9(6-17)15-12(20)10-3-4-14-16(10)2/h3-4,8-9H,5-6H2,1-2H3,(H2,13,19)(H,15,20)/t8-,9+/m1/s1. The van der Waals surface area contributed by atoms with Crippen molar-refractivity contribution in [2.75, 3.05) is 13.1 Å². The molecule has 1 aliphatic heterocycles. The number of aromatic nitrogens is 2. The van der Waals surface area contributed by atoms with Gasteiger partial charge in [0.15, 0.2) is 0 Å². The monoisotopic (exact) mass is 279 g/mol. The fourth-order valence-electron chi connectivity index (χ4n) is 2.33. The molecule has 0 bridgehead atoms. The summed E-state index contributed by atoms with van der Waals surface area (Å²) in [6.07, 6.45) is 1.51. The third kappa shape index (κ3) is 2.63. The minimum absolute atomic E-state index is 0.145. The van der Waals surface area contributed by atoms with Crippen molar-refractivity contribution in [1.82, 2.24) is 20.0 Å². The maximum Gasteiger partial charge on any atom is 0.269 e. The normalized spacial score (nSPS) is 21.8. The summed E-state index contributed by atoms with van der Waals surface area (Å²) in [5.74, 6) is -1.58. The van der Waals surface area contributed by atoms with E-state index in [1.807, 2.05) is 0 Å². The molecule has 1 saturated heterocycles. The molecule has 0 aromatic carbocycles. The van der Waals surface area contributed by atoms with E-state index < -0.39 is 17.9 Å². The Morgan fingerprint density at radius 1 is 1.40 bits per heavy atom. The molecule has 0 aliphatic carbocycles. The number of carbonyl (C=O) groups excluding carboxylic acids is 3. The molecule has 1 aliphatic rings. The maximum atomic E-state index is 12.1. The van der Waals surface area contributed by atoms with Crippen LogP contribution in [-0.4, -0.2) is 51.5 Å². The van der Waals surface area contributed by atoms with E-state index in [1.165, 1.54) is 22.7 Å². The molecule has 108 valence electrons. The first-order valence-electron chi connectivity index (χ1n) is 6.24. The molecular weight excluding hydrogens is 262 g/mol. The highest BCUT2D eigenvalue weighted by Crippen LogP contribution is 2.17. The zero-order valence-electron chi connectivity index (χ0n) is 11.4. The van der Waals surface area contributed by atoms with Crippen molar-refractivity contribution in [3.05, 3.63) is 18.0 Å². The Morgan fingerprint density at radius 2 is 2.10 bits per heavy atom. The Kier molecular flexibility index (Phi) is 3.73. The fourth-order valence-corrected chi connectivity index (χ4v) is 2.33. The molecule has 2 heterocycles. The zero-order chi connectivity index (χ0) is 14.9. The second-order valence-electron chi connectivity index (χ2n) is 4.85. The van der Waals surface area contributed by atoms with Crippen molar-refractivity contribution in [3.8, 4) is 0 Å². The van der Waals surface area contributed by atoms with Crippen LogP contribution in [0.25, 0.3) is 0 Å². The first-order valence-corrected chi connectivity index (χ1v) is 6.24. The van der Waals surface area contributed by atoms with Gasteiger partial charge in [-0.15, -0.1) is 0 Å². The SMILES string of the molecule is CC(=O)N1C[C@H](NC(=O)c2ccnn2C)[C@H](C(N)=O)C1. The number of amides is 3. The molecule has 1 aromatic rings. The Morgan fingerprint density at radius 3 is 2.60 bits per heavy atom. The minimum atomic E-state index is -0.573. The molecule has 8 heteroatoms. The highest BCUT2D eigenvalue weighted by molar-refractivity contribution is 5.93. The van der Waals surface area contributed by atoms with Crippen LogP contribution in [0.15, 0.2) is 12.3 Å². The fraction of sp³-hybridized carbons (Fsp3) is 0.500. The highest BCUT2D eigenvalue weighted by atomic mass is 16.2. The highest BCUT2D eigenvalue weighted by Gasteiger charge is 2.38. The van der Waals surface area contributed by atoms with Gasteiger partial charge in [0.1, 0.15) is 5.69 Å². The van der Waals surface area contributed by atoms with E-state index in [1.54, 1.807) is 13.1 Å². The average molecular weight is 279 g/mol. The summed E-state index contributed by atoms with van der Waals surface area (Å²) in [5.41, 5.74) is 5.71. The van der Waals surface area contributed by atoms with Gasteiger partial charge >= 0.3 is 0 Å². The number of nitrogens with one attached hydrogen (secondary N) is 1. The van der Waals surface area contributed by atoms with Crippen LogP contribution in [0.1, 0.15) is 17.4 Å². The Balaban J connectivity index is 2.11. The lowest BCUT2D eigenvalue weighted by Crippen LogP contribution is -2.45. The number of primary amides is 1. The summed E-state index contributed by atoms with van der Waals surface area (Å²) in [6, 6.07) is 1.10. The number of nitrogens with two attached hydrogens (primary N) is 1. The summed E-state index contributed by atoms with van der Waals surface area (Å²) < 4.78 is 1.44.